The molecule has 2 rings (SSSR count). The molecule has 0 aliphatic heterocycles. The highest BCUT2D eigenvalue weighted by Gasteiger charge is 2.19. The van der Waals surface area contributed by atoms with Gasteiger partial charge in [0.25, 0.3) is 11.6 Å². The number of benzene rings is 1. The summed E-state index contributed by atoms with van der Waals surface area (Å²) >= 11 is 17.5. The number of carbonyl (C=O) groups excluding carboxylic acids is 1. The zero-order valence-electron chi connectivity index (χ0n) is 12.6. The molecule has 1 aromatic carbocycles. The van der Waals surface area contributed by atoms with E-state index in [9.17, 15) is 14.9 Å². The van der Waals surface area contributed by atoms with Gasteiger partial charge in [0.1, 0.15) is 5.02 Å². The molecule has 2 aromatic rings. The second-order valence-corrected chi connectivity index (χ2v) is 5.85. The van der Waals surface area contributed by atoms with Crippen LogP contribution in [-0.4, -0.2) is 21.5 Å². The zero-order chi connectivity index (χ0) is 18.7. The molecular formula is C14H10Cl3N5O3. The van der Waals surface area contributed by atoms with Gasteiger partial charge in [0.2, 0.25) is 0 Å². The molecule has 3 N–H and O–H groups in total. The van der Waals surface area contributed by atoms with Crippen LogP contribution in [-0.2, 0) is 0 Å². The summed E-state index contributed by atoms with van der Waals surface area (Å²) in [7, 11) is 0. The van der Waals surface area contributed by atoms with Crippen LogP contribution in [0.2, 0.25) is 15.2 Å². The smallest absolute Gasteiger partial charge is 0.291 e. The van der Waals surface area contributed by atoms with Gasteiger partial charge in [-0.3, -0.25) is 14.9 Å². The fourth-order valence-corrected chi connectivity index (χ4v) is 2.37. The molecule has 1 aromatic heterocycles. The SMILES string of the molecule is CC(=NNC(=O)c1nc(Cl)c(Cl)c(N)c1Cl)c1cccc([N+](=O)[O-])c1. The molecule has 11 heteroatoms. The summed E-state index contributed by atoms with van der Waals surface area (Å²) in [5.41, 5.74) is 8.26. The van der Waals surface area contributed by atoms with Gasteiger partial charge in [-0.15, -0.1) is 0 Å². The summed E-state index contributed by atoms with van der Waals surface area (Å²) in [5.74, 6) is -0.764. The van der Waals surface area contributed by atoms with Gasteiger partial charge < -0.3 is 5.73 Å². The van der Waals surface area contributed by atoms with Crippen molar-refractivity contribution in [1.29, 1.82) is 0 Å². The number of carbonyl (C=O) groups is 1. The van der Waals surface area contributed by atoms with Gasteiger partial charge in [-0.2, -0.15) is 5.10 Å². The van der Waals surface area contributed by atoms with Gasteiger partial charge in [-0.25, -0.2) is 10.4 Å². The lowest BCUT2D eigenvalue weighted by Crippen LogP contribution is -2.21. The molecule has 0 unspecified atom stereocenters. The number of anilines is 1. The molecule has 0 aliphatic carbocycles. The van der Waals surface area contributed by atoms with Crippen LogP contribution in [0.1, 0.15) is 23.0 Å². The van der Waals surface area contributed by atoms with Gasteiger partial charge in [0.05, 0.1) is 21.3 Å². The first-order valence-corrected chi connectivity index (χ1v) is 7.75. The maximum Gasteiger partial charge on any atom is 0.291 e. The summed E-state index contributed by atoms with van der Waals surface area (Å²) in [6, 6.07) is 5.79. The first-order valence-electron chi connectivity index (χ1n) is 6.61. The number of non-ortho nitro benzene ring substituents is 1. The van der Waals surface area contributed by atoms with Crippen molar-refractivity contribution in [3.63, 3.8) is 0 Å². The van der Waals surface area contributed by atoms with Crippen molar-refractivity contribution in [3.05, 3.63) is 60.8 Å². The summed E-state index contributed by atoms with van der Waals surface area (Å²) < 4.78 is 0. The van der Waals surface area contributed by atoms with Crippen molar-refractivity contribution in [2.75, 3.05) is 5.73 Å². The fourth-order valence-electron chi connectivity index (χ4n) is 1.78. The Morgan fingerprint density at radius 2 is 2.00 bits per heavy atom. The maximum atomic E-state index is 12.2. The van der Waals surface area contributed by atoms with Crippen LogP contribution in [0, 0.1) is 10.1 Å². The molecular weight excluding hydrogens is 393 g/mol. The van der Waals surface area contributed by atoms with Crippen molar-refractivity contribution in [2.45, 2.75) is 6.92 Å². The predicted molar refractivity (Wildman–Crippen MR) is 96.5 cm³/mol. The maximum absolute atomic E-state index is 12.2. The van der Waals surface area contributed by atoms with E-state index in [0.717, 1.165) is 0 Å². The molecule has 25 heavy (non-hydrogen) atoms. The molecule has 0 saturated carbocycles. The number of nitrogens with zero attached hydrogens (tertiary/aromatic N) is 3. The molecule has 0 spiro atoms. The lowest BCUT2D eigenvalue weighted by Gasteiger charge is -2.08. The van der Waals surface area contributed by atoms with Gasteiger partial charge >= 0.3 is 0 Å². The largest absolute Gasteiger partial charge is 0.396 e. The number of pyridine rings is 1. The van der Waals surface area contributed by atoms with E-state index in [-0.39, 0.29) is 32.3 Å². The minimum absolute atomic E-state index is 0.0560. The normalized spacial score (nSPS) is 11.3. The number of hydrazone groups is 1. The van der Waals surface area contributed by atoms with Crippen molar-refractivity contribution in [1.82, 2.24) is 10.4 Å². The average molecular weight is 403 g/mol. The Balaban J connectivity index is 2.26. The Kier molecular flexibility index (Phi) is 5.78. The average Bonchev–Trinajstić information content (AvgIpc) is 2.60. The van der Waals surface area contributed by atoms with E-state index in [2.05, 4.69) is 15.5 Å². The predicted octanol–water partition coefficient (Wildman–Crippen LogP) is 3.69. The monoisotopic (exact) mass is 401 g/mol. The molecule has 1 amide bonds. The van der Waals surface area contributed by atoms with Crippen LogP contribution in [0.15, 0.2) is 29.4 Å². The highest BCUT2D eigenvalue weighted by atomic mass is 35.5. The molecule has 0 bridgehead atoms. The number of nitrogens with two attached hydrogens (primary N) is 1. The standard InChI is InChI=1S/C14H10Cl3N5O3/c1-6(7-3-2-4-8(5-7)22(24)25)20-21-14(23)12-9(15)11(18)10(16)13(17)19-12/h2-5H,1H3,(H2,18,19)(H,21,23). The Bertz CT molecular complexity index is 902. The van der Waals surface area contributed by atoms with Crippen LogP contribution in [0.3, 0.4) is 0 Å². The quantitative estimate of drug-likeness (QED) is 0.349. The Morgan fingerprint density at radius 1 is 1.32 bits per heavy atom. The highest BCUT2D eigenvalue weighted by Crippen LogP contribution is 2.34. The molecule has 0 saturated heterocycles. The number of rotatable bonds is 4. The Morgan fingerprint density at radius 3 is 2.64 bits per heavy atom. The lowest BCUT2D eigenvalue weighted by atomic mass is 10.1. The summed E-state index contributed by atoms with van der Waals surface area (Å²) in [6.07, 6.45) is 0. The van der Waals surface area contributed by atoms with E-state index in [1.165, 1.54) is 18.2 Å². The van der Waals surface area contributed by atoms with E-state index in [0.29, 0.717) is 11.3 Å². The number of nitro benzene ring substituents is 1. The van der Waals surface area contributed by atoms with Crippen LogP contribution in [0.5, 0.6) is 0 Å². The number of hydrogen-bond donors (Lipinski definition) is 2. The summed E-state index contributed by atoms with van der Waals surface area (Å²) in [6.45, 7) is 1.57. The van der Waals surface area contributed by atoms with E-state index in [1.807, 2.05) is 0 Å². The van der Waals surface area contributed by atoms with Crippen molar-refractivity contribution >= 4 is 57.8 Å². The third kappa shape index (κ3) is 4.16. The van der Waals surface area contributed by atoms with E-state index in [1.54, 1.807) is 13.0 Å². The van der Waals surface area contributed by atoms with E-state index in [4.69, 9.17) is 40.5 Å². The number of hydrogen-bond acceptors (Lipinski definition) is 6. The number of amides is 1. The number of nitro groups is 1. The Hall–Kier alpha value is -2.42. The fraction of sp³-hybridized carbons (Fsp3) is 0.0714. The third-order valence-electron chi connectivity index (χ3n) is 3.09. The van der Waals surface area contributed by atoms with Gasteiger partial charge in [0, 0.05) is 17.7 Å². The second-order valence-electron chi connectivity index (χ2n) is 4.74. The summed E-state index contributed by atoms with van der Waals surface area (Å²) in [4.78, 5) is 26.2. The van der Waals surface area contributed by atoms with Crippen molar-refractivity contribution < 1.29 is 9.72 Å². The van der Waals surface area contributed by atoms with Crippen molar-refractivity contribution in [3.8, 4) is 0 Å². The van der Waals surface area contributed by atoms with Crippen molar-refractivity contribution in [2.24, 2.45) is 5.10 Å². The molecule has 0 atom stereocenters. The lowest BCUT2D eigenvalue weighted by molar-refractivity contribution is -0.384. The van der Waals surface area contributed by atoms with Gasteiger partial charge in [0.15, 0.2) is 10.8 Å². The number of nitrogens with one attached hydrogen (secondary N) is 1. The Labute approximate surface area is 156 Å². The minimum Gasteiger partial charge on any atom is -0.396 e. The second kappa shape index (κ2) is 7.64. The molecule has 0 aliphatic rings. The highest BCUT2D eigenvalue weighted by molar-refractivity contribution is 6.46. The minimum atomic E-state index is -0.764. The molecule has 0 radical (unpaired) electrons. The van der Waals surface area contributed by atoms with Crippen LogP contribution in [0.4, 0.5) is 11.4 Å². The van der Waals surface area contributed by atoms with E-state index < -0.39 is 10.8 Å². The molecule has 1 heterocycles. The zero-order valence-corrected chi connectivity index (χ0v) is 14.9. The summed E-state index contributed by atoms with van der Waals surface area (Å²) in [5, 5.41) is 14.3. The molecule has 0 fully saturated rings. The molecule has 8 nitrogen and oxygen atoms in total. The third-order valence-corrected chi connectivity index (χ3v) is 4.22. The number of aromatic nitrogens is 1. The van der Waals surface area contributed by atoms with Crippen LogP contribution >= 0.6 is 34.8 Å². The topological polar surface area (TPSA) is 124 Å². The molecule has 130 valence electrons. The van der Waals surface area contributed by atoms with Crippen LogP contribution in [0.25, 0.3) is 0 Å². The van der Waals surface area contributed by atoms with Gasteiger partial charge in [-0.05, 0) is 6.92 Å². The van der Waals surface area contributed by atoms with Crippen LogP contribution < -0.4 is 11.2 Å². The number of nitrogen functional groups attached to an aromatic ring is 1. The number of halogens is 3. The van der Waals surface area contributed by atoms with E-state index >= 15 is 0 Å². The first kappa shape index (κ1) is 18.9. The van der Waals surface area contributed by atoms with Gasteiger partial charge in [-0.1, -0.05) is 46.9 Å². The first-order chi connectivity index (χ1) is 11.7.